The summed E-state index contributed by atoms with van der Waals surface area (Å²) in [5.74, 6) is -2.31. The molecule has 260 valence electrons. The lowest BCUT2D eigenvalue weighted by Crippen LogP contribution is -2.56. The first-order valence-corrected chi connectivity index (χ1v) is 17.5. The van der Waals surface area contributed by atoms with Crippen LogP contribution in [0.1, 0.15) is 58.9 Å². The van der Waals surface area contributed by atoms with Crippen LogP contribution in [0, 0.1) is 0 Å². The molecule has 2 fully saturated rings. The second-order valence-corrected chi connectivity index (χ2v) is 14.0. The lowest BCUT2D eigenvalue weighted by atomic mass is 9.82. The number of nitrogens with zero attached hydrogens (tertiary/aromatic N) is 8. The maximum atomic E-state index is 13.3. The Bertz CT molecular complexity index is 1740. The number of pyridine rings is 2. The molecule has 2 N–H and O–H groups in total. The fourth-order valence-electron chi connectivity index (χ4n) is 5.90. The number of hydrogen-bond acceptors (Lipinski definition) is 12. The van der Waals surface area contributed by atoms with E-state index in [0.717, 1.165) is 35.7 Å². The van der Waals surface area contributed by atoms with E-state index in [0.29, 0.717) is 33.3 Å². The summed E-state index contributed by atoms with van der Waals surface area (Å²) in [5, 5.41) is 25.0. The Kier molecular flexibility index (Phi) is 10.9. The minimum Gasteiger partial charge on any atom is -0.351 e. The monoisotopic (exact) mass is 718 g/mol. The van der Waals surface area contributed by atoms with Gasteiger partial charge in [-0.2, -0.15) is 0 Å². The fraction of sp³-hybridized carbons (Fsp3) is 0.484. The number of rotatable bonds is 14. The molecule has 0 bridgehead atoms. The second-order valence-electron chi connectivity index (χ2n) is 12.0. The average molecular weight is 719 g/mol. The van der Waals surface area contributed by atoms with E-state index < -0.39 is 19.3 Å². The molecule has 0 spiro atoms. The van der Waals surface area contributed by atoms with Crippen molar-refractivity contribution >= 4 is 56.4 Å². The highest BCUT2D eigenvalue weighted by atomic mass is 32.1. The number of amides is 2. The van der Waals surface area contributed by atoms with E-state index in [9.17, 15) is 27.2 Å². The van der Waals surface area contributed by atoms with Crippen LogP contribution in [0.3, 0.4) is 0 Å². The highest BCUT2D eigenvalue weighted by Crippen LogP contribution is 2.43. The Morgan fingerprint density at radius 1 is 0.816 bits per heavy atom. The summed E-state index contributed by atoms with van der Waals surface area (Å²) in [6.07, 6.45) is 3.46. The van der Waals surface area contributed by atoms with Crippen molar-refractivity contribution in [2.75, 3.05) is 60.0 Å². The molecule has 2 amide bonds. The predicted octanol–water partition coefficient (Wildman–Crippen LogP) is 5.18. The molecule has 0 unspecified atom stereocenters. The number of aromatic nitrogens is 6. The minimum absolute atomic E-state index is 0.0156. The molecule has 1 aliphatic carbocycles. The molecular formula is C31H34F4N10O2S2. The van der Waals surface area contributed by atoms with Gasteiger partial charge in [0, 0.05) is 24.9 Å². The molecular weight excluding hydrogens is 685 g/mol. The quantitative estimate of drug-likeness (QED) is 0.168. The fourth-order valence-corrected chi connectivity index (χ4v) is 7.71. The Balaban J connectivity index is 0.997. The topological polar surface area (TPSA) is 142 Å². The molecule has 2 aliphatic rings. The highest BCUT2D eigenvalue weighted by Gasteiger charge is 2.44. The molecule has 1 saturated carbocycles. The van der Waals surface area contributed by atoms with Gasteiger partial charge in [0.05, 0.1) is 37.3 Å². The summed E-state index contributed by atoms with van der Waals surface area (Å²) in [6.45, 7) is -2.02. The van der Waals surface area contributed by atoms with Crippen molar-refractivity contribution in [1.29, 1.82) is 0 Å². The van der Waals surface area contributed by atoms with Crippen LogP contribution >= 0.6 is 22.7 Å². The van der Waals surface area contributed by atoms with Gasteiger partial charge in [0.1, 0.15) is 35.0 Å². The predicted molar refractivity (Wildman–Crippen MR) is 178 cm³/mol. The second kappa shape index (κ2) is 15.5. The Labute approximate surface area is 287 Å². The van der Waals surface area contributed by atoms with Crippen molar-refractivity contribution in [3.63, 3.8) is 0 Å². The lowest BCUT2D eigenvalue weighted by Gasteiger charge is -2.39. The third-order valence-electron chi connectivity index (χ3n) is 8.22. The van der Waals surface area contributed by atoms with Crippen LogP contribution in [-0.4, -0.2) is 87.6 Å². The maximum absolute atomic E-state index is 13.3. The summed E-state index contributed by atoms with van der Waals surface area (Å²) >= 11 is 2.63. The van der Waals surface area contributed by atoms with Crippen molar-refractivity contribution in [3.05, 3.63) is 57.8 Å². The van der Waals surface area contributed by atoms with Gasteiger partial charge < -0.3 is 20.4 Å². The van der Waals surface area contributed by atoms with E-state index in [1.165, 1.54) is 32.5 Å². The van der Waals surface area contributed by atoms with Crippen LogP contribution in [0.4, 0.5) is 39.5 Å². The molecule has 18 heteroatoms. The minimum atomic E-state index is -2.71. The molecule has 0 aromatic carbocycles. The molecule has 49 heavy (non-hydrogen) atoms. The smallest absolute Gasteiger partial charge is 0.282 e. The van der Waals surface area contributed by atoms with Gasteiger partial charge in [0.15, 0.2) is 0 Å². The van der Waals surface area contributed by atoms with E-state index in [-0.39, 0.29) is 62.7 Å². The number of carbonyl (C=O) groups excluding carboxylic acids is 2. The summed E-state index contributed by atoms with van der Waals surface area (Å²) in [5.41, 5.74) is 0.933. The number of hydrogen-bond donors (Lipinski definition) is 2. The van der Waals surface area contributed by atoms with E-state index in [2.05, 4.69) is 41.0 Å². The SMILES string of the molecule is O=C(Cc1cccc(N(CCF)CCF)n1)Nc1nnc([C@H]2CCC[C@H](c3nnc(NC(=O)Cc4cccc(N5CC(F)(F)C5)n4)s3)C2)s1. The molecule has 4 aromatic rings. The Morgan fingerprint density at radius 3 is 1.92 bits per heavy atom. The molecule has 1 aliphatic heterocycles. The Morgan fingerprint density at radius 2 is 1.37 bits per heavy atom. The van der Waals surface area contributed by atoms with Crippen molar-refractivity contribution in [2.24, 2.45) is 0 Å². The molecule has 0 radical (unpaired) electrons. The summed E-state index contributed by atoms with van der Waals surface area (Å²) in [6, 6.07) is 10.1. The zero-order valence-corrected chi connectivity index (χ0v) is 28.0. The first kappa shape index (κ1) is 34.5. The number of anilines is 4. The van der Waals surface area contributed by atoms with Gasteiger partial charge in [-0.25, -0.2) is 27.5 Å². The zero-order valence-electron chi connectivity index (χ0n) is 26.3. The summed E-state index contributed by atoms with van der Waals surface area (Å²) in [4.78, 5) is 37.2. The summed E-state index contributed by atoms with van der Waals surface area (Å²) < 4.78 is 52.3. The van der Waals surface area contributed by atoms with Crippen molar-refractivity contribution in [3.8, 4) is 0 Å². The first-order valence-electron chi connectivity index (χ1n) is 15.9. The molecule has 1 saturated heterocycles. The molecule has 4 aromatic heterocycles. The zero-order chi connectivity index (χ0) is 34.4. The van der Waals surface area contributed by atoms with E-state index in [4.69, 9.17) is 0 Å². The molecule has 2 atom stereocenters. The lowest BCUT2D eigenvalue weighted by molar-refractivity contribution is -0.116. The van der Waals surface area contributed by atoms with Gasteiger partial charge >= 0.3 is 0 Å². The number of halogens is 4. The number of alkyl halides is 4. The third-order valence-corrected chi connectivity index (χ3v) is 10.2. The normalized spacial score (nSPS) is 18.5. The van der Waals surface area contributed by atoms with Crippen LogP contribution < -0.4 is 20.4 Å². The van der Waals surface area contributed by atoms with Gasteiger partial charge in [-0.05, 0) is 43.5 Å². The standard InChI is InChI=1S/C31H34F4N10O2S2/c32-10-12-44(13-11-33)23-8-2-6-21(36-23)15-25(46)38-29-42-40-27(48-29)19-4-1-5-20(14-19)28-41-43-30(49-28)39-26(47)16-22-7-3-9-24(37-22)45-17-31(34,35)18-45/h2-3,6-9,19-20H,1,4-5,10-18H2,(H,38,42,46)(H,39,43,47)/t19-,20-/m0/s1. The molecule has 6 rings (SSSR count). The van der Waals surface area contributed by atoms with Gasteiger partial charge in [-0.15, -0.1) is 20.4 Å². The van der Waals surface area contributed by atoms with E-state index in [1.807, 2.05) is 0 Å². The number of nitrogens with one attached hydrogen (secondary N) is 2. The van der Waals surface area contributed by atoms with Crippen molar-refractivity contribution < 1.29 is 27.2 Å². The summed E-state index contributed by atoms with van der Waals surface area (Å²) in [7, 11) is 0. The van der Waals surface area contributed by atoms with Crippen molar-refractivity contribution in [1.82, 2.24) is 30.4 Å². The van der Waals surface area contributed by atoms with Gasteiger partial charge in [0.2, 0.25) is 22.1 Å². The van der Waals surface area contributed by atoms with Crippen LogP contribution in [0.15, 0.2) is 36.4 Å². The molecule has 12 nitrogen and oxygen atoms in total. The van der Waals surface area contributed by atoms with E-state index in [1.54, 1.807) is 36.4 Å². The van der Waals surface area contributed by atoms with E-state index >= 15 is 0 Å². The Hall–Kier alpha value is -4.32. The molecule has 5 heterocycles. The largest absolute Gasteiger partial charge is 0.351 e. The maximum Gasteiger partial charge on any atom is 0.282 e. The van der Waals surface area contributed by atoms with Crippen molar-refractivity contribution in [2.45, 2.75) is 56.3 Å². The van der Waals surface area contributed by atoms with Gasteiger partial charge in [-0.1, -0.05) is 41.2 Å². The van der Waals surface area contributed by atoms with Gasteiger partial charge in [0.25, 0.3) is 5.92 Å². The van der Waals surface area contributed by atoms with Crippen LogP contribution in [-0.2, 0) is 22.4 Å². The van der Waals surface area contributed by atoms with Crippen LogP contribution in [0.5, 0.6) is 0 Å². The highest BCUT2D eigenvalue weighted by molar-refractivity contribution is 7.15. The number of carbonyl (C=O) groups is 2. The van der Waals surface area contributed by atoms with Gasteiger partial charge in [-0.3, -0.25) is 9.59 Å². The average Bonchev–Trinajstić information content (AvgIpc) is 3.74. The first-order chi connectivity index (χ1) is 23.7. The van der Waals surface area contributed by atoms with Crippen LogP contribution in [0.2, 0.25) is 0 Å². The third kappa shape index (κ3) is 9.03. The van der Waals surface area contributed by atoms with Crippen LogP contribution in [0.25, 0.3) is 0 Å².